The second kappa shape index (κ2) is 4.62. The van der Waals surface area contributed by atoms with Crippen molar-refractivity contribution >= 4 is 11.8 Å². The van der Waals surface area contributed by atoms with Gasteiger partial charge < -0.3 is 10.8 Å². The van der Waals surface area contributed by atoms with Crippen molar-refractivity contribution in [2.75, 3.05) is 0 Å². The van der Waals surface area contributed by atoms with Gasteiger partial charge >= 0.3 is 5.97 Å². The van der Waals surface area contributed by atoms with Crippen LogP contribution in [-0.4, -0.2) is 22.9 Å². The van der Waals surface area contributed by atoms with Gasteiger partial charge in [-0.15, -0.1) is 0 Å². The molecule has 0 aromatic rings. The molecule has 0 saturated carbocycles. The van der Waals surface area contributed by atoms with Crippen LogP contribution in [0.4, 0.5) is 0 Å². The van der Waals surface area contributed by atoms with Crippen LogP contribution < -0.4 is 5.73 Å². The van der Waals surface area contributed by atoms with E-state index in [1.165, 1.54) is 0 Å². The maximum Gasteiger partial charge on any atom is 0.320 e. The summed E-state index contributed by atoms with van der Waals surface area (Å²) in [5, 5.41) is 8.31. The Bertz CT molecular complexity index is 177. The Hall–Kier alpha value is -1.16. The Kier molecular flexibility index (Phi) is 4.14. The van der Waals surface area contributed by atoms with Crippen LogP contribution in [0.5, 0.6) is 0 Å². The molecule has 0 aromatic carbocycles. The first-order chi connectivity index (χ1) is 5.07. The third-order valence-corrected chi connectivity index (χ3v) is 1.25. The van der Waals surface area contributed by atoms with Crippen LogP contribution in [0.25, 0.3) is 0 Å². The Morgan fingerprint density at radius 2 is 2.18 bits per heavy atom. The van der Waals surface area contributed by atoms with Gasteiger partial charge in [0, 0.05) is 6.42 Å². The molecule has 3 N–H and O–H groups in total. The standard InChI is InChI=1S/C7H11NO3/c1-2-5(9)3-4-6(8)7(10)11/h2,6H,1,3-4,8H2,(H,10,11). The smallest absolute Gasteiger partial charge is 0.320 e. The molecule has 4 heteroatoms. The molecule has 0 bridgehead atoms. The highest BCUT2D eigenvalue weighted by Gasteiger charge is 2.11. The molecule has 0 radical (unpaired) electrons. The lowest BCUT2D eigenvalue weighted by molar-refractivity contribution is -0.138. The van der Waals surface area contributed by atoms with Gasteiger partial charge in [-0.05, 0) is 12.5 Å². The van der Waals surface area contributed by atoms with Gasteiger partial charge in [0.15, 0.2) is 5.78 Å². The van der Waals surface area contributed by atoms with Crippen molar-refractivity contribution in [3.8, 4) is 0 Å². The summed E-state index contributed by atoms with van der Waals surface area (Å²) in [6, 6.07) is -0.945. The Morgan fingerprint density at radius 1 is 1.64 bits per heavy atom. The van der Waals surface area contributed by atoms with Crippen LogP contribution in [0.3, 0.4) is 0 Å². The average Bonchev–Trinajstić information content (AvgIpc) is 1.99. The fourth-order valence-corrected chi connectivity index (χ4v) is 0.523. The third kappa shape index (κ3) is 4.27. The van der Waals surface area contributed by atoms with Crippen LogP contribution in [0.2, 0.25) is 0 Å². The summed E-state index contributed by atoms with van der Waals surface area (Å²) < 4.78 is 0. The van der Waals surface area contributed by atoms with E-state index < -0.39 is 12.0 Å². The first-order valence-corrected chi connectivity index (χ1v) is 3.21. The summed E-state index contributed by atoms with van der Waals surface area (Å²) in [4.78, 5) is 20.7. The van der Waals surface area contributed by atoms with E-state index in [1.54, 1.807) is 0 Å². The number of allylic oxidation sites excluding steroid dienone is 1. The van der Waals surface area contributed by atoms with E-state index in [0.717, 1.165) is 6.08 Å². The van der Waals surface area contributed by atoms with E-state index in [2.05, 4.69) is 6.58 Å². The number of aliphatic carboxylic acids is 1. The highest BCUT2D eigenvalue weighted by atomic mass is 16.4. The lowest BCUT2D eigenvalue weighted by atomic mass is 10.1. The number of rotatable bonds is 5. The van der Waals surface area contributed by atoms with Crippen molar-refractivity contribution in [1.82, 2.24) is 0 Å². The number of carboxylic acids is 1. The van der Waals surface area contributed by atoms with Crippen molar-refractivity contribution in [3.05, 3.63) is 12.7 Å². The van der Waals surface area contributed by atoms with Gasteiger partial charge in [-0.25, -0.2) is 0 Å². The van der Waals surface area contributed by atoms with Crippen molar-refractivity contribution < 1.29 is 14.7 Å². The average molecular weight is 157 g/mol. The lowest BCUT2D eigenvalue weighted by Crippen LogP contribution is -2.30. The van der Waals surface area contributed by atoms with Crippen molar-refractivity contribution in [1.29, 1.82) is 0 Å². The van der Waals surface area contributed by atoms with E-state index in [1.807, 2.05) is 0 Å². The molecule has 4 nitrogen and oxygen atoms in total. The number of nitrogens with two attached hydrogens (primary N) is 1. The van der Waals surface area contributed by atoms with Crippen LogP contribution >= 0.6 is 0 Å². The summed E-state index contributed by atoms with van der Waals surface area (Å²) in [6.07, 6.45) is 1.48. The maximum atomic E-state index is 10.6. The topological polar surface area (TPSA) is 80.4 Å². The normalized spacial score (nSPS) is 12.1. The van der Waals surface area contributed by atoms with Gasteiger partial charge in [-0.1, -0.05) is 6.58 Å². The van der Waals surface area contributed by atoms with Crippen LogP contribution in [0.1, 0.15) is 12.8 Å². The predicted octanol–water partition coefficient (Wildman–Crippen LogP) is -0.0664. The number of carbonyl (C=O) groups is 2. The van der Waals surface area contributed by atoms with E-state index in [-0.39, 0.29) is 18.6 Å². The fourth-order valence-electron chi connectivity index (χ4n) is 0.523. The highest BCUT2D eigenvalue weighted by Crippen LogP contribution is 1.95. The molecule has 0 aliphatic rings. The fraction of sp³-hybridized carbons (Fsp3) is 0.429. The van der Waals surface area contributed by atoms with Crippen LogP contribution in [0, 0.1) is 0 Å². The van der Waals surface area contributed by atoms with Crippen molar-refractivity contribution in [3.63, 3.8) is 0 Å². The Labute approximate surface area is 64.7 Å². The summed E-state index contributed by atoms with van der Waals surface area (Å²) in [6.45, 7) is 3.25. The second-order valence-corrected chi connectivity index (χ2v) is 2.15. The molecule has 0 aromatic heterocycles. The predicted molar refractivity (Wildman–Crippen MR) is 40.0 cm³/mol. The van der Waals surface area contributed by atoms with Gasteiger partial charge in [-0.3, -0.25) is 9.59 Å². The largest absolute Gasteiger partial charge is 0.480 e. The van der Waals surface area contributed by atoms with E-state index in [9.17, 15) is 9.59 Å². The maximum absolute atomic E-state index is 10.6. The molecule has 1 atom stereocenters. The van der Waals surface area contributed by atoms with Crippen molar-refractivity contribution in [2.45, 2.75) is 18.9 Å². The minimum absolute atomic E-state index is 0.150. The SMILES string of the molecule is C=CC(=O)CCC(N)C(=O)O. The minimum atomic E-state index is -1.08. The molecule has 0 saturated heterocycles. The van der Waals surface area contributed by atoms with E-state index >= 15 is 0 Å². The molecule has 0 spiro atoms. The van der Waals surface area contributed by atoms with Gasteiger partial charge in [0.25, 0.3) is 0 Å². The third-order valence-electron chi connectivity index (χ3n) is 1.25. The minimum Gasteiger partial charge on any atom is -0.480 e. The molecule has 0 aliphatic heterocycles. The summed E-state index contributed by atoms with van der Waals surface area (Å²) >= 11 is 0. The molecule has 62 valence electrons. The van der Waals surface area contributed by atoms with E-state index in [4.69, 9.17) is 10.8 Å². The van der Waals surface area contributed by atoms with Gasteiger partial charge in [-0.2, -0.15) is 0 Å². The Balaban J connectivity index is 3.62. The zero-order chi connectivity index (χ0) is 8.85. The number of hydrogen-bond acceptors (Lipinski definition) is 3. The molecule has 0 fully saturated rings. The summed E-state index contributed by atoms with van der Waals surface area (Å²) in [7, 11) is 0. The van der Waals surface area contributed by atoms with E-state index in [0.29, 0.717) is 0 Å². The lowest BCUT2D eigenvalue weighted by Gasteiger charge is -2.02. The first kappa shape index (κ1) is 9.84. The molecule has 1 unspecified atom stereocenters. The van der Waals surface area contributed by atoms with Crippen LogP contribution in [-0.2, 0) is 9.59 Å². The molecule has 0 amide bonds. The number of carboxylic acid groups (broad SMARTS) is 1. The highest BCUT2D eigenvalue weighted by molar-refractivity contribution is 5.89. The zero-order valence-corrected chi connectivity index (χ0v) is 6.12. The van der Waals surface area contributed by atoms with Crippen LogP contribution in [0.15, 0.2) is 12.7 Å². The monoisotopic (exact) mass is 157 g/mol. The molecule has 11 heavy (non-hydrogen) atoms. The molecular formula is C7H11NO3. The molecule has 0 aliphatic carbocycles. The zero-order valence-electron chi connectivity index (χ0n) is 6.12. The molecular weight excluding hydrogens is 146 g/mol. The van der Waals surface area contributed by atoms with Crippen molar-refractivity contribution in [2.24, 2.45) is 5.73 Å². The first-order valence-electron chi connectivity index (χ1n) is 3.21. The molecule has 0 rings (SSSR count). The Morgan fingerprint density at radius 3 is 2.55 bits per heavy atom. The van der Waals surface area contributed by atoms with Gasteiger partial charge in [0.1, 0.15) is 6.04 Å². The molecule has 0 heterocycles. The second-order valence-electron chi connectivity index (χ2n) is 2.15. The number of hydrogen-bond donors (Lipinski definition) is 2. The van der Waals surface area contributed by atoms with Gasteiger partial charge in [0.2, 0.25) is 0 Å². The number of carbonyl (C=O) groups excluding carboxylic acids is 1. The summed E-state index contributed by atoms with van der Waals surface area (Å²) in [5.41, 5.74) is 5.13. The quantitative estimate of drug-likeness (QED) is 0.547. The summed E-state index contributed by atoms with van der Waals surface area (Å²) in [5.74, 6) is -1.26. The number of ketones is 1. The van der Waals surface area contributed by atoms with Gasteiger partial charge in [0.05, 0.1) is 0 Å².